The maximum Gasteiger partial charge on any atom is 0.338 e. The van der Waals surface area contributed by atoms with Crippen LogP contribution in [0.15, 0.2) is 84.5 Å². The first-order valence-electron chi connectivity index (χ1n) is 14.9. The van der Waals surface area contributed by atoms with Crippen molar-refractivity contribution in [1.29, 1.82) is 0 Å². The van der Waals surface area contributed by atoms with Gasteiger partial charge in [-0.2, -0.15) is 0 Å². The minimum Gasteiger partial charge on any atom is -0.455 e. The van der Waals surface area contributed by atoms with Crippen LogP contribution in [0.5, 0.6) is 0 Å². The van der Waals surface area contributed by atoms with Gasteiger partial charge in [0.2, 0.25) is 0 Å². The summed E-state index contributed by atoms with van der Waals surface area (Å²) >= 11 is 0. The molecule has 230 valence electrons. The van der Waals surface area contributed by atoms with Crippen molar-refractivity contribution in [2.24, 2.45) is 17.8 Å². The highest BCUT2D eigenvalue weighted by molar-refractivity contribution is 6.05. The second kappa shape index (κ2) is 8.73. The average molecular weight is 603 g/mol. The molecule has 3 aliphatic heterocycles. The zero-order valence-electron chi connectivity index (χ0n) is 24.5. The molecule has 2 aromatic carbocycles. The number of hydrogen-bond acceptors (Lipinski definition) is 10. The molecule has 0 amide bonds. The summed E-state index contributed by atoms with van der Waals surface area (Å²) in [5, 5.41) is 34.8. The van der Waals surface area contributed by atoms with Crippen LogP contribution in [0, 0.1) is 17.8 Å². The predicted octanol–water partition coefficient (Wildman–Crippen LogP) is 2.17. The number of benzene rings is 2. The maximum atomic E-state index is 13.8. The first-order valence-corrected chi connectivity index (χ1v) is 14.9. The molecule has 10 heteroatoms. The van der Waals surface area contributed by atoms with Crippen molar-refractivity contribution in [3.05, 3.63) is 95.6 Å². The van der Waals surface area contributed by atoms with Crippen LogP contribution in [0.4, 0.5) is 0 Å². The third-order valence-electron chi connectivity index (χ3n) is 11.1. The van der Waals surface area contributed by atoms with Crippen LogP contribution in [-0.2, 0) is 34.5 Å². The van der Waals surface area contributed by atoms with E-state index < -0.39 is 88.9 Å². The van der Waals surface area contributed by atoms with Crippen molar-refractivity contribution < 1.29 is 48.6 Å². The fourth-order valence-electron chi connectivity index (χ4n) is 9.07. The summed E-state index contributed by atoms with van der Waals surface area (Å²) in [5.41, 5.74) is -5.56. The number of rotatable bonds is 5. The SMILES string of the molecule is C=C(C)[C@@]12OC3(c4ccccc4)O[C@@H]1[C@@H]1[C@@H]4O[C@]4(CO)[C@@H](O)[C@]4(O)C(=O)C(C)=C[C@H]4[C@@]1(O3)[C@H](C)[C@H]2OC(=O)c1ccccc1. The lowest BCUT2D eigenvalue weighted by Crippen LogP contribution is -2.76. The summed E-state index contributed by atoms with van der Waals surface area (Å²) in [6, 6.07) is 17.6. The Morgan fingerprint density at radius 3 is 2.32 bits per heavy atom. The lowest BCUT2D eigenvalue weighted by Gasteiger charge is -2.61. The van der Waals surface area contributed by atoms with E-state index in [9.17, 15) is 24.9 Å². The van der Waals surface area contributed by atoms with Crippen molar-refractivity contribution in [3.63, 3.8) is 0 Å². The van der Waals surface area contributed by atoms with E-state index in [-0.39, 0.29) is 5.57 Å². The quantitative estimate of drug-likeness (QED) is 0.265. The summed E-state index contributed by atoms with van der Waals surface area (Å²) in [5.74, 6) is -5.87. The number of esters is 1. The first kappa shape index (κ1) is 28.3. The van der Waals surface area contributed by atoms with Gasteiger partial charge in [0, 0.05) is 23.3 Å². The minimum atomic E-state index is -2.42. The Balaban J connectivity index is 1.41. The molecular formula is C34H34O10. The third kappa shape index (κ3) is 3.00. The lowest BCUT2D eigenvalue weighted by molar-refractivity contribution is -0.440. The molecule has 8 rings (SSSR count). The highest BCUT2D eigenvalue weighted by Gasteiger charge is 2.90. The molecule has 3 aliphatic carbocycles. The maximum absolute atomic E-state index is 13.8. The molecule has 2 saturated carbocycles. The largest absolute Gasteiger partial charge is 0.455 e. The third-order valence-corrected chi connectivity index (χ3v) is 11.1. The lowest BCUT2D eigenvalue weighted by atomic mass is 9.53. The van der Waals surface area contributed by atoms with Gasteiger partial charge >= 0.3 is 11.9 Å². The highest BCUT2D eigenvalue weighted by atomic mass is 16.9. The molecule has 44 heavy (non-hydrogen) atoms. The van der Waals surface area contributed by atoms with Crippen LogP contribution in [-0.4, -0.2) is 80.5 Å². The van der Waals surface area contributed by atoms with E-state index in [1.165, 1.54) is 0 Å². The van der Waals surface area contributed by atoms with Gasteiger partial charge in [-0.05, 0) is 37.1 Å². The van der Waals surface area contributed by atoms with Crippen molar-refractivity contribution in [2.45, 2.75) is 73.6 Å². The Hall–Kier alpha value is -3.22. The molecule has 12 atom stereocenters. The number of Topliss-reactive ketones (excluding diaryl/α,β-unsaturated/α-hetero) is 1. The fraction of sp³-hybridized carbons (Fsp3) is 0.471. The summed E-state index contributed by atoms with van der Waals surface area (Å²) in [7, 11) is 0. The average Bonchev–Trinajstić information content (AvgIpc) is 3.65. The molecule has 0 radical (unpaired) electrons. The molecule has 3 heterocycles. The summed E-state index contributed by atoms with van der Waals surface area (Å²) < 4.78 is 33.4. The van der Waals surface area contributed by atoms with E-state index in [2.05, 4.69) is 6.58 Å². The Kier molecular flexibility index (Phi) is 5.61. The number of fused-ring (bicyclic) bond motifs is 3. The second-order valence-corrected chi connectivity index (χ2v) is 13.1. The summed E-state index contributed by atoms with van der Waals surface area (Å²) in [6.07, 6.45) is -3.09. The molecule has 6 aliphatic rings. The number of hydrogen-bond donors (Lipinski definition) is 3. The molecule has 3 saturated heterocycles. The number of ether oxygens (including phenoxy) is 5. The van der Waals surface area contributed by atoms with E-state index in [0.717, 1.165) is 0 Å². The van der Waals surface area contributed by atoms with E-state index in [1.54, 1.807) is 74.5 Å². The van der Waals surface area contributed by atoms with Crippen LogP contribution in [0.1, 0.15) is 36.7 Å². The first-order chi connectivity index (χ1) is 20.9. The number of carbonyl (C=O) groups excluding carboxylic acids is 2. The zero-order valence-corrected chi connectivity index (χ0v) is 24.5. The van der Waals surface area contributed by atoms with Crippen LogP contribution >= 0.6 is 0 Å². The Bertz CT molecular complexity index is 1620. The number of aliphatic hydroxyl groups excluding tert-OH is 2. The van der Waals surface area contributed by atoms with Crippen LogP contribution in [0.3, 0.4) is 0 Å². The highest BCUT2D eigenvalue weighted by Crippen LogP contribution is 2.74. The number of carbonyl (C=O) groups is 2. The van der Waals surface area contributed by atoms with E-state index >= 15 is 0 Å². The Labute approximate surface area is 253 Å². The van der Waals surface area contributed by atoms with Gasteiger partial charge in [-0.15, -0.1) is 0 Å². The van der Waals surface area contributed by atoms with Gasteiger partial charge in [0.05, 0.1) is 17.8 Å². The van der Waals surface area contributed by atoms with Crippen molar-refractivity contribution >= 4 is 11.8 Å². The van der Waals surface area contributed by atoms with Gasteiger partial charge in [0.25, 0.3) is 0 Å². The molecule has 0 aromatic heterocycles. The number of epoxide rings is 1. The predicted molar refractivity (Wildman–Crippen MR) is 152 cm³/mol. The van der Waals surface area contributed by atoms with Crippen LogP contribution in [0.25, 0.3) is 0 Å². The van der Waals surface area contributed by atoms with E-state index in [0.29, 0.717) is 16.7 Å². The summed E-state index contributed by atoms with van der Waals surface area (Å²) in [4.78, 5) is 27.5. The topological polar surface area (TPSA) is 144 Å². The van der Waals surface area contributed by atoms with Crippen LogP contribution in [0.2, 0.25) is 0 Å². The Morgan fingerprint density at radius 2 is 1.68 bits per heavy atom. The fourth-order valence-corrected chi connectivity index (χ4v) is 9.07. The molecule has 5 fully saturated rings. The van der Waals surface area contributed by atoms with Crippen molar-refractivity contribution in [1.82, 2.24) is 0 Å². The number of aliphatic hydroxyl groups is 3. The molecule has 3 N–H and O–H groups in total. The number of ketones is 1. The smallest absolute Gasteiger partial charge is 0.338 e. The van der Waals surface area contributed by atoms with Gasteiger partial charge in [0.15, 0.2) is 17.0 Å². The van der Waals surface area contributed by atoms with Gasteiger partial charge in [-0.25, -0.2) is 4.79 Å². The van der Waals surface area contributed by atoms with Gasteiger partial charge < -0.3 is 39.0 Å². The Morgan fingerprint density at radius 1 is 1.02 bits per heavy atom. The molecular weight excluding hydrogens is 568 g/mol. The van der Waals surface area contributed by atoms with E-state index in [4.69, 9.17) is 23.7 Å². The molecule has 2 aromatic rings. The monoisotopic (exact) mass is 602 g/mol. The molecule has 10 nitrogen and oxygen atoms in total. The molecule has 3 bridgehead atoms. The van der Waals surface area contributed by atoms with Gasteiger partial charge in [0.1, 0.15) is 30.0 Å². The second-order valence-electron chi connectivity index (χ2n) is 13.1. The zero-order chi connectivity index (χ0) is 31.0. The van der Waals surface area contributed by atoms with Gasteiger partial charge in [-0.3, -0.25) is 4.79 Å². The molecule has 1 unspecified atom stereocenters. The van der Waals surface area contributed by atoms with Crippen molar-refractivity contribution in [2.75, 3.05) is 6.61 Å². The van der Waals surface area contributed by atoms with Crippen LogP contribution < -0.4 is 0 Å². The molecule has 0 spiro atoms. The normalized spacial score (nSPS) is 47.6. The standard InChI is InChI=1S/C34H34O10/c1-17(2)32-25(40-28(37)20-11-7-5-8-12-20)19(4)33-22-15-18(3)24(36)31(22,39)29(38)30(16-35)26(41-30)23(33)27(32)42-34(43-32,44-33)21-13-9-6-10-14-21/h5-15,19,22-23,25-27,29,35,38-39H,1,16H2,2-4H3/t19-,22-,23+,25-,26+,27-,29-,30+,31-,32+,33+,34?/m1/s1. The van der Waals surface area contributed by atoms with Crippen molar-refractivity contribution in [3.8, 4) is 0 Å². The van der Waals surface area contributed by atoms with Gasteiger partial charge in [-0.1, -0.05) is 68.1 Å². The summed E-state index contributed by atoms with van der Waals surface area (Å²) in [6.45, 7) is 8.80. The van der Waals surface area contributed by atoms with E-state index in [1.807, 2.05) is 13.0 Å². The minimum absolute atomic E-state index is 0.232.